The van der Waals surface area contributed by atoms with Crippen molar-refractivity contribution in [2.45, 2.75) is 24.3 Å². The molecule has 2 aromatic heterocycles. The van der Waals surface area contributed by atoms with Crippen LogP contribution in [0.1, 0.15) is 18.6 Å². The number of aromatic nitrogens is 1. The Labute approximate surface area is 207 Å². The Morgan fingerprint density at radius 2 is 2.03 bits per heavy atom. The lowest BCUT2D eigenvalue weighted by Gasteiger charge is -2.33. The molecule has 0 spiro atoms. The Morgan fingerprint density at radius 1 is 1.20 bits per heavy atom. The molecule has 35 heavy (non-hydrogen) atoms. The predicted octanol–water partition coefficient (Wildman–Crippen LogP) is 4.53. The summed E-state index contributed by atoms with van der Waals surface area (Å²) in [6.07, 6.45) is 2.77. The number of rotatable bonds is 7. The molecule has 1 atom stereocenters. The van der Waals surface area contributed by atoms with Crippen LogP contribution in [0, 0.1) is 5.92 Å². The Morgan fingerprint density at radius 3 is 2.77 bits per heavy atom. The van der Waals surface area contributed by atoms with Crippen LogP contribution in [-0.2, 0) is 21.4 Å². The van der Waals surface area contributed by atoms with Gasteiger partial charge in [-0.15, -0.1) is 0 Å². The summed E-state index contributed by atoms with van der Waals surface area (Å²) in [4.78, 5) is 20.4. The van der Waals surface area contributed by atoms with Crippen molar-refractivity contribution < 1.29 is 22.4 Å². The van der Waals surface area contributed by atoms with Gasteiger partial charge in [-0.05, 0) is 55.3 Å². The second-order valence-electron chi connectivity index (χ2n) is 8.35. The summed E-state index contributed by atoms with van der Waals surface area (Å²) >= 11 is 1.39. The number of amides is 1. The number of hydrogen-bond acceptors (Lipinski definition) is 7. The summed E-state index contributed by atoms with van der Waals surface area (Å²) < 4.78 is 39.5. The van der Waals surface area contributed by atoms with Gasteiger partial charge in [-0.2, -0.15) is 4.31 Å². The predicted molar refractivity (Wildman–Crippen MR) is 134 cm³/mol. The zero-order valence-electron chi connectivity index (χ0n) is 19.2. The molecule has 1 unspecified atom stereocenters. The zero-order valence-corrected chi connectivity index (χ0v) is 20.8. The van der Waals surface area contributed by atoms with E-state index in [0.29, 0.717) is 36.0 Å². The number of carbonyl (C=O) groups excluding carboxylic acids is 1. The molecule has 1 fully saturated rings. The summed E-state index contributed by atoms with van der Waals surface area (Å²) in [5.74, 6) is 0.685. The van der Waals surface area contributed by atoms with E-state index in [-0.39, 0.29) is 23.9 Å². The van der Waals surface area contributed by atoms with Crippen molar-refractivity contribution in [3.05, 3.63) is 72.7 Å². The minimum Gasteiger partial charge on any atom is -0.497 e. The molecule has 182 valence electrons. The lowest BCUT2D eigenvalue weighted by atomic mass is 9.98. The largest absolute Gasteiger partial charge is 0.497 e. The van der Waals surface area contributed by atoms with Crippen molar-refractivity contribution in [3.8, 4) is 5.75 Å². The first-order chi connectivity index (χ1) is 17.0. The first-order valence-corrected chi connectivity index (χ1v) is 13.5. The van der Waals surface area contributed by atoms with E-state index in [2.05, 4.69) is 0 Å². The zero-order chi connectivity index (χ0) is 24.4. The Balaban J connectivity index is 1.44. The highest BCUT2D eigenvalue weighted by Gasteiger charge is 2.36. The topological polar surface area (TPSA) is 92.9 Å². The number of sulfonamides is 1. The van der Waals surface area contributed by atoms with E-state index in [1.165, 1.54) is 15.6 Å². The van der Waals surface area contributed by atoms with Crippen molar-refractivity contribution in [2.24, 2.45) is 5.92 Å². The minimum atomic E-state index is -3.68. The van der Waals surface area contributed by atoms with Crippen LogP contribution in [0.4, 0.5) is 5.13 Å². The van der Waals surface area contributed by atoms with Gasteiger partial charge in [0.25, 0.3) is 0 Å². The van der Waals surface area contributed by atoms with E-state index < -0.39 is 15.9 Å². The van der Waals surface area contributed by atoms with Gasteiger partial charge in [0.05, 0.1) is 40.9 Å². The van der Waals surface area contributed by atoms with Crippen LogP contribution >= 0.6 is 11.3 Å². The van der Waals surface area contributed by atoms with Crippen LogP contribution in [0.25, 0.3) is 10.2 Å². The van der Waals surface area contributed by atoms with Gasteiger partial charge >= 0.3 is 0 Å². The highest BCUT2D eigenvalue weighted by molar-refractivity contribution is 7.89. The summed E-state index contributed by atoms with van der Waals surface area (Å²) in [6.45, 7) is 0.730. The van der Waals surface area contributed by atoms with Gasteiger partial charge in [-0.25, -0.2) is 13.4 Å². The Bertz CT molecular complexity index is 1420. The number of fused-ring (bicyclic) bond motifs is 1. The molecule has 5 rings (SSSR count). The van der Waals surface area contributed by atoms with Crippen LogP contribution < -0.4 is 9.64 Å². The molecule has 1 saturated heterocycles. The molecule has 0 saturated carbocycles. The third kappa shape index (κ3) is 4.82. The maximum absolute atomic E-state index is 13.8. The molecular weight excluding hydrogens is 486 g/mol. The van der Waals surface area contributed by atoms with Crippen molar-refractivity contribution in [1.82, 2.24) is 9.29 Å². The summed E-state index contributed by atoms with van der Waals surface area (Å²) in [5.41, 5.74) is 0.764. The van der Waals surface area contributed by atoms with Crippen molar-refractivity contribution in [1.29, 1.82) is 0 Å². The fourth-order valence-electron chi connectivity index (χ4n) is 4.26. The maximum atomic E-state index is 13.8. The number of furan rings is 1. The van der Waals surface area contributed by atoms with Crippen molar-refractivity contribution >= 4 is 42.6 Å². The van der Waals surface area contributed by atoms with E-state index in [4.69, 9.17) is 14.1 Å². The lowest BCUT2D eigenvalue weighted by Crippen LogP contribution is -2.46. The fourth-order valence-corrected chi connectivity index (χ4v) is 6.80. The molecule has 1 amide bonds. The molecule has 0 N–H and O–H groups in total. The lowest BCUT2D eigenvalue weighted by molar-refractivity contribution is -0.123. The van der Waals surface area contributed by atoms with Crippen LogP contribution in [0.3, 0.4) is 0 Å². The fraction of sp³-hybridized carbons (Fsp3) is 0.280. The highest BCUT2D eigenvalue weighted by Crippen LogP contribution is 2.34. The number of hydrogen-bond donors (Lipinski definition) is 0. The van der Waals surface area contributed by atoms with E-state index in [9.17, 15) is 13.2 Å². The van der Waals surface area contributed by atoms with Gasteiger partial charge in [-0.1, -0.05) is 29.5 Å². The van der Waals surface area contributed by atoms with Crippen LogP contribution in [0.15, 0.2) is 76.2 Å². The van der Waals surface area contributed by atoms with E-state index >= 15 is 0 Å². The highest BCUT2D eigenvalue weighted by atomic mass is 32.2. The standard InChI is InChI=1S/C25H25N3O5S2/c1-32-19-11-12-22-23(15-19)34-25(26-22)28(17-20-8-6-14-33-20)24(29)18-7-5-13-27(16-18)35(30,31)21-9-3-2-4-10-21/h2-4,6,8-12,14-15,18H,5,7,13,16-17H2,1H3. The number of piperidine rings is 1. The van der Waals surface area contributed by atoms with Gasteiger partial charge in [0.2, 0.25) is 15.9 Å². The SMILES string of the molecule is COc1ccc2nc(N(Cc3ccco3)C(=O)C3CCCN(S(=O)(=O)c4ccccc4)C3)sc2c1. The average Bonchev–Trinajstić information content (AvgIpc) is 3.56. The molecule has 1 aliphatic rings. The van der Waals surface area contributed by atoms with Crippen molar-refractivity contribution in [2.75, 3.05) is 25.1 Å². The first kappa shape index (κ1) is 23.5. The monoisotopic (exact) mass is 511 g/mol. The number of ether oxygens (including phenoxy) is 1. The van der Waals surface area contributed by atoms with Gasteiger partial charge in [-0.3, -0.25) is 9.69 Å². The quantitative estimate of drug-likeness (QED) is 0.362. The summed E-state index contributed by atoms with van der Waals surface area (Å²) in [5, 5.41) is 0.540. The number of anilines is 1. The molecule has 4 aromatic rings. The minimum absolute atomic E-state index is 0.128. The van der Waals surface area contributed by atoms with Crippen molar-refractivity contribution in [3.63, 3.8) is 0 Å². The molecule has 2 aromatic carbocycles. The van der Waals surface area contributed by atoms with Crippen LogP contribution in [0.2, 0.25) is 0 Å². The number of methoxy groups -OCH3 is 1. The average molecular weight is 512 g/mol. The second kappa shape index (κ2) is 9.80. The van der Waals surface area contributed by atoms with Crippen LogP contribution in [-0.4, -0.2) is 43.8 Å². The Kier molecular flexibility index (Phi) is 6.59. The second-order valence-corrected chi connectivity index (χ2v) is 11.3. The van der Waals surface area contributed by atoms with Gasteiger partial charge in [0.15, 0.2) is 5.13 Å². The first-order valence-electron chi connectivity index (χ1n) is 11.3. The molecule has 0 bridgehead atoms. The van der Waals surface area contributed by atoms with Crippen LogP contribution in [0.5, 0.6) is 5.75 Å². The smallest absolute Gasteiger partial charge is 0.243 e. The normalized spacial score (nSPS) is 16.9. The van der Waals surface area contributed by atoms with E-state index in [1.54, 1.807) is 54.7 Å². The third-order valence-corrected chi connectivity index (χ3v) is 9.01. The number of thiazole rings is 1. The number of carbonyl (C=O) groups is 1. The van der Waals surface area contributed by atoms with Gasteiger partial charge in [0.1, 0.15) is 11.5 Å². The molecule has 8 nitrogen and oxygen atoms in total. The molecule has 0 radical (unpaired) electrons. The number of benzene rings is 2. The van der Waals surface area contributed by atoms with E-state index in [0.717, 1.165) is 10.2 Å². The van der Waals surface area contributed by atoms with Gasteiger partial charge in [0, 0.05) is 13.1 Å². The van der Waals surface area contributed by atoms with E-state index in [1.807, 2.05) is 24.3 Å². The summed E-state index contributed by atoms with van der Waals surface area (Å²) in [7, 11) is -2.07. The molecular formula is C25H25N3O5S2. The molecule has 1 aliphatic heterocycles. The molecule has 0 aliphatic carbocycles. The number of nitrogens with zero attached hydrogens (tertiary/aromatic N) is 3. The third-order valence-electron chi connectivity index (χ3n) is 6.09. The van der Waals surface area contributed by atoms with Gasteiger partial charge < -0.3 is 9.15 Å². The molecule has 10 heteroatoms. The Hall–Kier alpha value is -3.21. The summed E-state index contributed by atoms with van der Waals surface area (Å²) in [6, 6.07) is 17.5. The molecule has 3 heterocycles. The maximum Gasteiger partial charge on any atom is 0.243 e.